The molecule has 0 bridgehead atoms. The van der Waals surface area contributed by atoms with Gasteiger partial charge in [-0.2, -0.15) is 0 Å². The lowest BCUT2D eigenvalue weighted by atomic mass is 10.00. The van der Waals surface area contributed by atoms with Gasteiger partial charge in [0.2, 0.25) is 0 Å². The van der Waals surface area contributed by atoms with E-state index >= 15 is 0 Å². The van der Waals surface area contributed by atoms with Crippen molar-refractivity contribution >= 4 is 11.5 Å². The fourth-order valence-electron chi connectivity index (χ4n) is 3.00. The van der Waals surface area contributed by atoms with Gasteiger partial charge >= 0.3 is 0 Å². The Balaban J connectivity index is 0.000000212. The smallest absolute Gasteiger partial charge is 0.195 e. The van der Waals surface area contributed by atoms with Crippen molar-refractivity contribution in [2.24, 2.45) is 0 Å². The van der Waals surface area contributed by atoms with E-state index in [9.17, 15) is 4.79 Å². The lowest BCUT2D eigenvalue weighted by Crippen LogP contribution is -2.06. The Morgan fingerprint density at radius 1 is 0.931 bits per heavy atom. The number of aliphatic hydroxyl groups is 1. The molecule has 0 unspecified atom stereocenters. The summed E-state index contributed by atoms with van der Waals surface area (Å²) in [6, 6.07) is 20.6. The van der Waals surface area contributed by atoms with Crippen molar-refractivity contribution < 1.29 is 19.8 Å². The Kier molecular flexibility index (Phi) is 8.40. The van der Waals surface area contributed by atoms with Gasteiger partial charge in [-0.25, -0.2) is 0 Å². The molecule has 0 spiro atoms. The van der Waals surface area contributed by atoms with Crippen molar-refractivity contribution in [3.05, 3.63) is 94.5 Å². The Labute approximate surface area is 171 Å². The predicted octanol–water partition coefficient (Wildman–Crippen LogP) is 4.57. The molecule has 0 saturated heterocycles. The largest absolute Gasteiger partial charge is 0.493 e. The molecule has 3 N–H and O–H groups in total. The molecular weight excluding hydrogens is 366 g/mol. The second-order valence-electron chi connectivity index (χ2n) is 6.57. The summed E-state index contributed by atoms with van der Waals surface area (Å²) in [7, 11) is 1.00. The molecule has 0 radical (unpaired) electrons. The molecule has 0 amide bonds. The number of fused-ring (bicyclic) bond motifs is 1. The summed E-state index contributed by atoms with van der Waals surface area (Å²) in [5.41, 5.74) is 7.21. The molecule has 1 heterocycles. The monoisotopic (exact) mass is 393 g/mol. The molecule has 152 valence electrons. The summed E-state index contributed by atoms with van der Waals surface area (Å²) in [6.07, 6.45) is 1.08. The number of ether oxygens (including phenoxy) is 1. The molecule has 1 aliphatic heterocycles. The first kappa shape index (κ1) is 22.1. The summed E-state index contributed by atoms with van der Waals surface area (Å²) in [5.74, 6) is 0.969. The van der Waals surface area contributed by atoms with Gasteiger partial charge in [0.15, 0.2) is 5.78 Å². The Morgan fingerprint density at radius 3 is 2.28 bits per heavy atom. The minimum Gasteiger partial charge on any atom is -0.493 e. The first-order chi connectivity index (χ1) is 14.1. The van der Waals surface area contributed by atoms with E-state index in [1.165, 1.54) is 11.1 Å². The van der Waals surface area contributed by atoms with Crippen LogP contribution >= 0.6 is 0 Å². The van der Waals surface area contributed by atoms with Gasteiger partial charge in [0.25, 0.3) is 0 Å². The van der Waals surface area contributed by atoms with Crippen LogP contribution in [0.25, 0.3) is 0 Å². The first-order valence-electron chi connectivity index (χ1n) is 9.36. The molecule has 4 rings (SSSR count). The van der Waals surface area contributed by atoms with E-state index in [4.69, 9.17) is 15.1 Å². The van der Waals surface area contributed by atoms with Gasteiger partial charge < -0.3 is 9.84 Å². The number of ketones is 1. The third kappa shape index (κ3) is 5.91. The van der Waals surface area contributed by atoms with Crippen LogP contribution < -0.4 is 10.2 Å². The quantitative estimate of drug-likeness (QED) is 0.449. The van der Waals surface area contributed by atoms with E-state index in [2.05, 4.69) is 30.6 Å². The molecule has 3 aromatic carbocycles. The van der Waals surface area contributed by atoms with Gasteiger partial charge in [0.1, 0.15) is 5.75 Å². The highest BCUT2D eigenvalue weighted by molar-refractivity contribution is 6.12. The minimum absolute atomic E-state index is 0.106. The Hall–Kier alpha value is -3.15. The standard InChI is InChI=1S/C14H13NO2.C9H10O.CH4O/c1-10-7-8-13(15-17)12(9-10)14(16)11-5-3-2-4-6-11;1-7-2-3-9-8(6-7)4-5-10-9;1-2/h2-9,15,17H,1H3;2-3,6H,4-5H2,1H3;2H,1H3. The van der Waals surface area contributed by atoms with E-state index in [0.717, 1.165) is 31.5 Å². The summed E-state index contributed by atoms with van der Waals surface area (Å²) >= 11 is 0. The van der Waals surface area contributed by atoms with E-state index in [1.807, 2.05) is 31.2 Å². The maximum atomic E-state index is 12.2. The zero-order valence-electron chi connectivity index (χ0n) is 17.0. The van der Waals surface area contributed by atoms with Crippen molar-refractivity contribution in [2.45, 2.75) is 20.3 Å². The summed E-state index contributed by atoms with van der Waals surface area (Å²) in [4.78, 5) is 12.2. The topological polar surface area (TPSA) is 78.8 Å². The SMILES string of the molecule is CO.Cc1ccc(NO)c(C(=O)c2ccccc2)c1.Cc1ccc2c(c1)CCO2. The number of aliphatic hydroxyl groups excluding tert-OH is 1. The van der Waals surface area contributed by atoms with Crippen LogP contribution in [0.1, 0.15) is 32.6 Å². The number of aryl methyl sites for hydroxylation is 2. The molecule has 0 aromatic heterocycles. The fraction of sp³-hybridized carbons (Fsp3) is 0.208. The molecule has 3 aromatic rings. The van der Waals surface area contributed by atoms with Crippen LogP contribution in [0.3, 0.4) is 0 Å². The number of rotatable bonds is 3. The molecule has 0 atom stereocenters. The van der Waals surface area contributed by atoms with Crippen LogP contribution in [-0.2, 0) is 6.42 Å². The van der Waals surface area contributed by atoms with Crippen molar-refractivity contribution in [1.82, 2.24) is 0 Å². The molecular formula is C24H27NO4. The Morgan fingerprint density at radius 2 is 1.59 bits per heavy atom. The third-order valence-electron chi connectivity index (χ3n) is 4.42. The average Bonchev–Trinajstić information content (AvgIpc) is 3.23. The predicted molar refractivity (Wildman–Crippen MR) is 115 cm³/mol. The first-order valence-corrected chi connectivity index (χ1v) is 9.36. The van der Waals surface area contributed by atoms with Crippen molar-refractivity contribution in [3.63, 3.8) is 0 Å². The number of nitrogens with one attached hydrogen (secondary N) is 1. The van der Waals surface area contributed by atoms with E-state index in [0.29, 0.717) is 16.8 Å². The van der Waals surface area contributed by atoms with Crippen LogP contribution in [0.5, 0.6) is 5.75 Å². The number of benzene rings is 3. The van der Waals surface area contributed by atoms with Crippen LogP contribution in [0, 0.1) is 13.8 Å². The van der Waals surface area contributed by atoms with Gasteiger partial charge in [0, 0.05) is 24.7 Å². The number of carbonyl (C=O) groups excluding carboxylic acids is 1. The fourth-order valence-corrected chi connectivity index (χ4v) is 3.00. The van der Waals surface area contributed by atoms with Gasteiger partial charge in [-0.15, -0.1) is 0 Å². The van der Waals surface area contributed by atoms with E-state index < -0.39 is 0 Å². The molecule has 1 aliphatic rings. The number of anilines is 1. The molecule has 0 saturated carbocycles. The van der Waals surface area contributed by atoms with Crippen LogP contribution in [-0.4, -0.2) is 29.8 Å². The normalized spacial score (nSPS) is 11.1. The minimum atomic E-state index is -0.106. The zero-order chi connectivity index (χ0) is 21.2. The second-order valence-corrected chi connectivity index (χ2v) is 6.57. The number of carbonyl (C=O) groups is 1. The van der Waals surface area contributed by atoms with Crippen molar-refractivity contribution in [2.75, 3.05) is 19.2 Å². The van der Waals surface area contributed by atoms with Crippen LogP contribution in [0.2, 0.25) is 0 Å². The van der Waals surface area contributed by atoms with Crippen LogP contribution in [0.15, 0.2) is 66.7 Å². The summed E-state index contributed by atoms with van der Waals surface area (Å²) in [5, 5.41) is 16.0. The van der Waals surface area contributed by atoms with Crippen LogP contribution in [0.4, 0.5) is 5.69 Å². The van der Waals surface area contributed by atoms with E-state index in [1.54, 1.807) is 24.3 Å². The summed E-state index contributed by atoms with van der Waals surface area (Å²) < 4.78 is 5.35. The average molecular weight is 393 g/mol. The van der Waals surface area contributed by atoms with E-state index in [-0.39, 0.29) is 5.78 Å². The third-order valence-corrected chi connectivity index (χ3v) is 4.42. The van der Waals surface area contributed by atoms with Gasteiger partial charge in [-0.3, -0.25) is 15.5 Å². The lowest BCUT2D eigenvalue weighted by molar-refractivity contribution is 0.103. The zero-order valence-corrected chi connectivity index (χ0v) is 17.0. The highest BCUT2D eigenvalue weighted by Crippen LogP contribution is 2.25. The molecule has 0 fully saturated rings. The van der Waals surface area contributed by atoms with Crippen molar-refractivity contribution in [3.8, 4) is 5.75 Å². The molecule has 5 nitrogen and oxygen atoms in total. The number of hydrogen-bond donors (Lipinski definition) is 3. The lowest BCUT2D eigenvalue weighted by Gasteiger charge is -2.08. The number of hydrogen-bond acceptors (Lipinski definition) is 5. The van der Waals surface area contributed by atoms with Gasteiger partial charge in [-0.1, -0.05) is 59.7 Å². The highest BCUT2D eigenvalue weighted by atomic mass is 16.5. The van der Waals surface area contributed by atoms with Crippen molar-refractivity contribution in [1.29, 1.82) is 0 Å². The maximum absolute atomic E-state index is 12.2. The maximum Gasteiger partial charge on any atom is 0.195 e. The van der Waals surface area contributed by atoms with Gasteiger partial charge in [0.05, 0.1) is 12.3 Å². The van der Waals surface area contributed by atoms with Gasteiger partial charge in [-0.05, 0) is 37.6 Å². The molecule has 0 aliphatic carbocycles. The summed E-state index contributed by atoms with van der Waals surface area (Å²) in [6.45, 7) is 4.88. The molecule has 29 heavy (non-hydrogen) atoms. The molecule has 5 heteroatoms. The highest BCUT2D eigenvalue weighted by Gasteiger charge is 2.13. The second kappa shape index (κ2) is 11.0. The Bertz CT molecular complexity index is 939.